The first-order valence-electron chi connectivity index (χ1n) is 5.21. The first-order valence-corrected chi connectivity index (χ1v) is 5.21. The summed E-state index contributed by atoms with van der Waals surface area (Å²) >= 11 is 0. The van der Waals surface area contributed by atoms with Crippen molar-refractivity contribution in [2.45, 2.75) is 6.29 Å². The Balaban J connectivity index is 1.83. The smallest absolute Gasteiger partial charge is 0.231 e. The minimum atomic E-state index is -0.329. The van der Waals surface area contributed by atoms with Crippen molar-refractivity contribution >= 4 is 0 Å². The van der Waals surface area contributed by atoms with Crippen molar-refractivity contribution in [2.75, 3.05) is 20.0 Å². The molecule has 2 aliphatic heterocycles. The molecule has 4 heteroatoms. The molecule has 2 aliphatic rings. The summed E-state index contributed by atoms with van der Waals surface area (Å²) in [6.45, 7) is 1.42. The minimum Gasteiger partial charge on any atom is -0.454 e. The number of ether oxygens (including phenoxy) is 4. The van der Waals surface area contributed by atoms with Crippen LogP contribution in [-0.4, -0.2) is 20.0 Å². The third-order valence-electron chi connectivity index (χ3n) is 2.52. The quantitative estimate of drug-likeness (QED) is 0.678. The lowest BCUT2D eigenvalue weighted by molar-refractivity contribution is -0.125. The highest BCUT2D eigenvalue weighted by molar-refractivity contribution is 5.44. The first-order chi connectivity index (χ1) is 7.93. The predicted molar refractivity (Wildman–Crippen MR) is 56.4 cm³/mol. The van der Waals surface area contributed by atoms with E-state index in [0.29, 0.717) is 13.2 Å². The van der Waals surface area contributed by atoms with Crippen LogP contribution in [0.5, 0.6) is 11.5 Å². The van der Waals surface area contributed by atoms with Crippen molar-refractivity contribution < 1.29 is 18.9 Å². The highest BCUT2D eigenvalue weighted by Gasteiger charge is 2.19. The molecule has 1 aromatic rings. The average molecular weight is 220 g/mol. The van der Waals surface area contributed by atoms with Gasteiger partial charge in [-0.15, -0.1) is 0 Å². The van der Waals surface area contributed by atoms with Crippen molar-refractivity contribution in [3.63, 3.8) is 0 Å². The molecule has 0 amide bonds. The Bertz CT molecular complexity index is 403. The fourth-order valence-electron chi connectivity index (χ4n) is 1.72. The van der Waals surface area contributed by atoms with Gasteiger partial charge < -0.3 is 18.9 Å². The zero-order chi connectivity index (χ0) is 10.8. The summed E-state index contributed by atoms with van der Waals surface area (Å²) in [6, 6.07) is 5.71. The van der Waals surface area contributed by atoms with Crippen LogP contribution in [0, 0.1) is 0 Å². The molecule has 0 fully saturated rings. The highest BCUT2D eigenvalue weighted by Crippen LogP contribution is 2.35. The number of benzene rings is 1. The van der Waals surface area contributed by atoms with E-state index in [-0.39, 0.29) is 13.1 Å². The van der Waals surface area contributed by atoms with Crippen molar-refractivity contribution in [3.05, 3.63) is 35.9 Å². The van der Waals surface area contributed by atoms with E-state index in [1.807, 2.05) is 30.4 Å². The van der Waals surface area contributed by atoms with E-state index >= 15 is 0 Å². The standard InChI is InChI=1S/C12H12O4/c1-2-6-14-12(13-5-1)9-3-4-10-11(7-9)16-8-15-10/h1-4,7,12H,5-6,8H2. The third-order valence-corrected chi connectivity index (χ3v) is 2.52. The summed E-state index contributed by atoms with van der Waals surface area (Å²) in [5, 5.41) is 0. The summed E-state index contributed by atoms with van der Waals surface area (Å²) < 4.78 is 21.6. The van der Waals surface area contributed by atoms with Crippen LogP contribution >= 0.6 is 0 Å². The van der Waals surface area contributed by atoms with E-state index in [1.54, 1.807) is 0 Å². The molecule has 0 N–H and O–H groups in total. The Morgan fingerprint density at radius 3 is 2.50 bits per heavy atom. The lowest BCUT2D eigenvalue weighted by atomic mass is 10.2. The van der Waals surface area contributed by atoms with Crippen LogP contribution in [0.1, 0.15) is 11.9 Å². The second kappa shape index (κ2) is 4.15. The average Bonchev–Trinajstić information content (AvgIpc) is 2.61. The molecule has 0 unspecified atom stereocenters. The Kier molecular flexibility index (Phi) is 2.52. The van der Waals surface area contributed by atoms with E-state index in [4.69, 9.17) is 18.9 Å². The van der Waals surface area contributed by atoms with Crippen LogP contribution in [0.4, 0.5) is 0 Å². The van der Waals surface area contributed by atoms with Gasteiger partial charge in [-0.05, 0) is 18.2 Å². The summed E-state index contributed by atoms with van der Waals surface area (Å²) in [7, 11) is 0. The lowest BCUT2D eigenvalue weighted by Crippen LogP contribution is -2.07. The van der Waals surface area contributed by atoms with Crippen LogP contribution in [0.25, 0.3) is 0 Å². The zero-order valence-corrected chi connectivity index (χ0v) is 8.72. The molecule has 1 aromatic carbocycles. The van der Waals surface area contributed by atoms with Crippen LogP contribution < -0.4 is 9.47 Å². The summed E-state index contributed by atoms with van der Waals surface area (Å²) in [5.41, 5.74) is 0.952. The van der Waals surface area contributed by atoms with Gasteiger partial charge in [-0.1, -0.05) is 12.2 Å². The maximum atomic E-state index is 5.54. The normalized spacial score (nSPS) is 19.8. The largest absolute Gasteiger partial charge is 0.454 e. The molecule has 0 bridgehead atoms. The first kappa shape index (κ1) is 9.69. The number of fused-ring (bicyclic) bond motifs is 1. The Morgan fingerprint density at radius 1 is 0.938 bits per heavy atom. The van der Waals surface area contributed by atoms with Crippen molar-refractivity contribution in [3.8, 4) is 11.5 Å². The molecule has 0 saturated carbocycles. The topological polar surface area (TPSA) is 36.9 Å². The third kappa shape index (κ3) is 1.77. The zero-order valence-electron chi connectivity index (χ0n) is 8.72. The van der Waals surface area contributed by atoms with Gasteiger partial charge in [0.05, 0.1) is 13.2 Å². The fraction of sp³-hybridized carbons (Fsp3) is 0.333. The van der Waals surface area contributed by atoms with Gasteiger partial charge in [0.1, 0.15) is 0 Å². The molecular formula is C12H12O4. The van der Waals surface area contributed by atoms with Gasteiger partial charge in [0.15, 0.2) is 17.8 Å². The molecule has 0 spiro atoms. The van der Waals surface area contributed by atoms with Crippen LogP contribution in [0.15, 0.2) is 30.4 Å². The Morgan fingerprint density at radius 2 is 1.69 bits per heavy atom. The van der Waals surface area contributed by atoms with Gasteiger partial charge in [-0.3, -0.25) is 0 Å². The Labute approximate surface area is 93.4 Å². The molecule has 0 atom stereocenters. The van der Waals surface area contributed by atoms with Crippen molar-refractivity contribution in [1.29, 1.82) is 0 Å². The van der Waals surface area contributed by atoms with Crippen LogP contribution in [-0.2, 0) is 9.47 Å². The predicted octanol–water partition coefficient (Wildman–Crippen LogP) is 2.02. The molecule has 0 aromatic heterocycles. The SMILES string of the molecule is C1=CCOC(c2ccc3c(c2)OCO3)OC1. The number of hydrogen-bond donors (Lipinski definition) is 0. The van der Waals surface area contributed by atoms with Gasteiger partial charge in [0.25, 0.3) is 0 Å². The maximum Gasteiger partial charge on any atom is 0.231 e. The fourth-order valence-corrected chi connectivity index (χ4v) is 1.72. The molecule has 0 aliphatic carbocycles. The molecule has 2 heterocycles. The van der Waals surface area contributed by atoms with E-state index < -0.39 is 0 Å². The second-order valence-corrected chi connectivity index (χ2v) is 3.58. The molecular weight excluding hydrogens is 208 g/mol. The molecule has 3 rings (SSSR count). The van der Waals surface area contributed by atoms with E-state index in [1.165, 1.54) is 0 Å². The van der Waals surface area contributed by atoms with Gasteiger partial charge in [-0.25, -0.2) is 0 Å². The molecule has 16 heavy (non-hydrogen) atoms. The molecule has 0 radical (unpaired) electrons. The number of hydrogen-bond acceptors (Lipinski definition) is 4. The maximum absolute atomic E-state index is 5.54. The summed E-state index contributed by atoms with van der Waals surface area (Å²) in [4.78, 5) is 0. The Hall–Kier alpha value is -1.52. The van der Waals surface area contributed by atoms with E-state index in [2.05, 4.69) is 0 Å². The van der Waals surface area contributed by atoms with Gasteiger partial charge in [-0.2, -0.15) is 0 Å². The van der Waals surface area contributed by atoms with Gasteiger partial charge >= 0.3 is 0 Å². The molecule has 84 valence electrons. The molecule has 0 saturated heterocycles. The lowest BCUT2D eigenvalue weighted by Gasteiger charge is -2.15. The van der Waals surface area contributed by atoms with Crippen LogP contribution in [0.3, 0.4) is 0 Å². The highest BCUT2D eigenvalue weighted by atomic mass is 16.7. The van der Waals surface area contributed by atoms with E-state index in [9.17, 15) is 0 Å². The monoisotopic (exact) mass is 220 g/mol. The minimum absolute atomic E-state index is 0.284. The van der Waals surface area contributed by atoms with Gasteiger partial charge in [0.2, 0.25) is 6.79 Å². The second-order valence-electron chi connectivity index (χ2n) is 3.58. The van der Waals surface area contributed by atoms with Crippen LogP contribution in [0.2, 0.25) is 0 Å². The van der Waals surface area contributed by atoms with Crippen molar-refractivity contribution in [1.82, 2.24) is 0 Å². The van der Waals surface area contributed by atoms with Crippen molar-refractivity contribution in [2.24, 2.45) is 0 Å². The number of rotatable bonds is 1. The summed E-state index contributed by atoms with van der Waals surface area (Å²) in [6.07, 6.45) is 3.57. The van der Waals surface area contributed by atoms with E-state index in [0.717, 1.165) is 17.1 Å². The summed E-state index contributed by atoms with van der Waals surface area (Å²) in [5.74, 6) is 1.53. The van der Waals surface area contributed by atoms with Gasteiger partial charge in [0, 0.05) is 5.56 Å². The molecule has 4 nitrogen and oxygen atoms in total.